The van der Waals surface area contributed by atoms with E-state index in [0.29, 0.717) is 29.8 Å². The minimum atomic E-state index is -1.86. The van der Waals surface area contributed by atoms with E-state index in [0.717, 1.165) is 27.8 Å². The minimum Gasteiger partial charge on any atom is -0.375 e. The summed E-state index contributed by atoms with van der Waals surface area (Å²) in [6, 6.07) is 19.3. The Bertz CT molecular complexity index is 1170. The van der Waals surface area contributed by atoms with Gasteiger partial charge in [-0.05, 0) is 68.0 Å². The second kappa shape index (κ2) is 8.36. The van der Waals surface area contributed by atoms with Crippen molar-refractivity contribution in [3.8, 4) is 0 Å². The quantitative estimate of drug-likeness (QED) is 0.565. The number of Topliss-reactive ketones (excluding diaryl/α,β-unsaturated/α-hetero) is 1. The topological polar surface area (TPSA) is 57.6 Å². The van der Waals surface area contributed by atoms with Gasteiger partial charge >= 0.3 is 0 Å². The van der Waals surface area contributed by atoms with Crippen LogP contribution in [-0.4, -0.2) is 23.3 Å². The lowest BCUT2D eigenvalue weighted by atomic mass is 9.84. The van der Waals surface area contributed by atoms with Gasteiger partial charge in [-0.3, -0.25) is 9.59 Å². The Morgan fingerprint density at radius 3 is 2.16 bits per heavy atom. The summed E-state index contributed by atoms with van der Waals surface area (Å²) in [6.07, 6.45) is 0.398. The zero-order valence-electron chi connectivity index (χ0n) is 19.1. The summed E-state index contributed by atoms with van der Waals surface area (Å²) in [6.45, 7) is 8.26. The summed E-state index contributed by atoms with van der Waals surface area (Å²) in [7, 11) is 0. The molecule has 32 heavy (non-hydrogen) atoms. The van der Waals surface area contributed by atoms with E-state index < -0.39 is 11.5 Å². The predicted octanol–water partition coefficient (Wildman–Crippen LogP) is 4.97. The molecule has 0 bridgehead atoms. The maximum absolute atomic E-state index is 13.5. The number of anilines is 1. The summed E-state index contributed by atoms with van der Waals surface area (Å²) in [4.78, 5) is 28.6. The molecule has 0 fully saturated rings. The lowest BCUT2D eigenvalue weighted by Gasteiger charge is -2.24. The molecule has 0 saturated carbocycles. The van der Waals surface area contributed by atoms with Gasteiger partial charge < -0.3 is 10.0 Å². The first-order valence-corrected chi connectivity index (χ1v) is 11.0. The van der Waals surface area contributed by atoms with Crippen molar-refractivity contribution in [2.24, 2.45) is 0 Å². The molecule has 0 spiro atoms. The summed E-state index contributed by atoms with van der Waals surface area (Å²) in [5.41, 5.74) is 4.93. The molecule has 1 heterocycles. The molecule has 0 aliphatic carbocycles. The van der Waals surface area contributed by atoms with Crippen molar-refractivity contribution >= 4 is 17.4 Å². The van der Waals surface area contributed by atoms with Crippen LogP contribution in [-0.2, 0) is 16.8 Å². The minimum absolute atomic E-state index is 0.206. The van der Waals surface area contributed by atoms with Gasteiger partial charge in [-0.2, -0.15) is 0 Å². The molecule has 164 valence electrons. The molecule has 4 heteroatoms. The van der Waals surface area contributed by atoms with Crippen molar-refractivity contribution < 1.29 is 14.7 Å². The maximum atomic E-state index is 13.5. The fraction of sp³-hybridized carbons (Fsp3) is 0.286. The molecule has 4 nitrogen and oxygen atoms in total. The standard InChI is InChI=1S/C28H29NO3/c1-18-16-19(2)21(4)26(20(18)3)25(30)17-28(32)23-12-8-9-13-24(23)29(27(28)31)15-14-22-10-6-5-7-11-22/h5-13,16,32H,14-15,17H2,1-4H3. The third kappa shape index (κ3) is 3.65. The highest BCUT2D eigenvalue weighted by Gasteiger charge is 2.50. The van der Waals surface area contributed by atoms with E-state index in [4.69, 9.17) is 0 Å². The zero-order chi connectivity index (χ0) is 23.0. The molecule has 0 saturated heterocycles. The lowest BCUT2D eigenvalue weighted by Crippen LogP contribution is -2.42. The highest BCUT2D eigenvalue weighted by Crippen LogP contribution is 2.43. The van der Waals surface area contributed by atoms with Crippen LogP contribution in [0.25, 0.3) is 0 Å². The second-order valence-corrected chi connectivity index (χ2v) is 8.81. The van der Waals surface area contributed by atoms with Gasteiger partial charge in [0.15, 0.2) is 11.4 Å². The van der Waals surface area contributed by atoms with Gasteiger partial charge in [0.05, 0.1) is 12.1 Å². The van der Waals surface area contributed by atoms with Crippen LogP contribution in [0, 0.1) is 27.7 Å². The van der Waals surface area contributed by atoms with E-state index in [9.17, 15) is 14.7 Å². The Morgan fingerprint density at radius 1 is 0.906 bits per heavy atom. The molecule has 1 unspecified atom stereocenters. The maximum Gasteiger partial charge on any atom is 0.264 e. The first-order valence-electron chi connectivity index (χ1n) is 11.0. The van der Waals surface area contributed by atoms with E-state index >= 15 is 0 Å². The van der Waals surface area contributed by atoms with E-state index in [1.165, 1.54) is 0 Å². The summed E-state index contributed by atoms with van der Waals surface area (Å²) < 4.78 is 0. The smallest absolute Gasteiger partial charge is 0.264 e. The number of carbonyl (C=O) groups excluding carboxylic acids is 2. The highest BCUT2D eigenvalue weighted by atomic mass is 16.3. The number of rotatable bonds is 6. The van der Waals surface area contributed by atoms with Gasteiger partial charge in [-0.15, -0.1) is 0 Å². The largest absolute Gasteiger partial charge is 0.375 e. The number of benzene rings is 3. The van der Waals surface area contributed by atoms with Gasteiger partial charge in [-0.1, -0.05) is 54.6 Å². The first kappa shape index (κ1) is 22.0. The molecule has 1 N–H and O–H groups in total. The van der Waals surface area contributed by atoms with E-state index in [2.05, 4.69) is 6.07 Å². The Balaban J connectivity index is 1.67. The molecule has 0 radical (unpaired) electrons. The van der Waals surface area contributed by atoms with Gasteiger partial charge in [0.25, 0.3) is 5.91 Å². The van der Waals surface area contributed by atoms with Gasteiger partial charge in [0.1, 0.15) is 0 Å². The number of aliphatic hydroxyl groups is 1. The van der Waals surface area contributed by atoms with Crippen LogP contribution in [0.3, 0.4) is 0 Å². The molecule has 1 atom stereocenters. The summed E-state index contributed by atoms with van der Waals surface area (Å²) in [5, 5.41) is 11.6. The number of carbonyl (C=O) groups is 2. The van der Waals surface area contributed by atoms with Crippen LogP contribution in [0.5, 0.6) is 0 Å². The number of fused-ring (bicyclic) bond motifs is 1. The fourth-order valence-corrected chi connectivity index (χ4v) is 4.74. The van der Waals surface area contributed by atoms with Crippen molar-refractivity contribution in [3.05, 3.63) is 99.6 Å². The number of amides is 1. The number of ketones is 1. The Labute approximate surface area is 189 Å². The molecule has 1 aliphatic rings. The van der Waals surface area contributed by atoms with Crippen LogP contribution >= 0.6 is 0 Å². The van der Waals surface area contributed by atoms with Crippen LogP contribution in [0.15, 0.2) is 60.7 Å². The second-order valence-electron chi connectivity index (χ2n) is 8.81. The Kier molecular flexibility index (Phi) is 5.74. The van der Waals surface area contributed by atoms with Crippen LogP contribution < -0.4 is 4.90 Å². The van der Waals surface area contributed by atoms with Gasteiger partial charge in [-0.25, -0.2) is 0 Å². The van der Waals surface area contributed by atoms with Crippen LogP contribution in [0.1, 0.15) is 50.2 Å². The van der Waals surface area contributed by atoms with Gasteiger partial charge in [0, 0.05) is 17.7 Å². The molecule has 1 amide bonds. The van der Waals surface area contributed by atoms with Crippen molar-refractivity contribution in [2.75, 3.05) is 11.4 Å². The lowest BCUT2D eigenvalue weighted by molar-refractivity contribution is -0.135. The number of nitrogens with zero attached hydrogens (tertiary/aromatic N) is 1. The van der Waals surface area contributed by atoms with E-state index in [1.54, 1.807) is 17.0 Å². The Hall–Kier alpha value is -3.24. The fourth-order valence-electron chi connectivity index (χ4n) is 4.74. The van der Waals surface area contributed by atoms with Crippen molar-refractivity contribution in [2.45, 2.75) is 46.1 Å². The number of para-hydroxylation sites is 1. The third-order valence-electron chi connectivity index (χ3n) is 6.77. The number of hydrogen-bond donors (Lipinski definition) is 1. The van der Waals surface area contributed by atoms with Crippen LogP contribution in [0.4, 0.5) is 5.69 Å². The molecular formula is C28H29NO3. The van der Waals surface area contributed by atoms with Crippen molar-refractivity contribution in [1.82, 2.24) is 0 Å². The first-order chi connectivity index (χ1) is 15.2. The Morgan fingerprint density at radius 2 is 1.50 bits per heavy atom. The van der Waals surface area contributed by atoms with E-state index in [-0.39, 0.29) is 12.2 Å². The van der Waals surface area contributed by atoms with Gasteiger partial charge in [0.2, 0.25) is 0 Å². The molecule has 3 aromatic rings. The number of aryl methyl sites for hydroxylation is 2. The normalized spacial score (nSPS) is 17.5. The van der Waals surface area contributed by atoms with Crippen molar-refractivity contribution in [1.29, 1.82) is 0 Å². The average Bonchev–Trinajstić information content (AvgIpc) is 2.98. The molecule has 4 rings (SSSR count). The molecule has 1 aliphatic heterocycles. The molecule has 3 aromatic carbocycles. The summed E-state index contributed by atoms with van der Waals surface area (Å²) in [5.74, 6) is -0.634. The SMILES string of the molecule is Cc1cc(C)c(C)c(C(=O)CC2(O)C(=O)N(CCc3ccccc3)c3ccccc32)c1C. The van der Waals surface area contributed by atoms with Crippen LogP contribution in [0.2, 0.25) is 0 Å². The van der Waals surface area contributed by atoms with Crippen molar-refractivity contribution in [3.63, 3.8) is 0 Å². The zero-order valence-corrected chi connectivity index (χ0v) is 19.1. The monoisotopic (exact) mass is 427 g/mol. The predicted molar refractivity (Wildman–Crippen MR) is 127 cm³/mol. The highest BCUT2D eigenvalue weighted by molar-refractivity contribution is 6.11. The third-order valence-corrected chi connectivity index (χ3v) is 6.77. The average molecular weight is 428 g/mol. The molecule has 0 aromatic heterocycles. The summed E-state index contributed by atoms with van der Waals surface area (Å²) >= 11 is 0. The number of hydrogen-bond acceptors (Lipinski definition) is 3. The molecular weight excluding hydrogens is 398 g/mol. The van der Waals surface area contributed by atoms with E-state index in [1.807, 2.05) is 70.2 Å².